The minimum absolute atomic E-state index is 0.177. The summed E-state index contributed by atoms with van der Waals surface area (Å²) in [6, 6.07) is 12.0. The summed E-state index contributed by atoms with van der Waals surface area (Å²) in [5.74, 6) is 0.229. The number of aromatic nitrogens is 2. The van der Waals surface area contributed by atoms with Crippen molar-refractivity contribution in [3.63, 3.8) is 0 Å². The first-order valence-corrected chi connectivity index (χ1v) is 5.27. The summed E-state index contributed by atoms with van der Waals surface area (Å²) in [6.07, 6.45) is -0.626. The average Bonchev–Trinajstić information content (AvgIpc) is 2.40. The maximum absolute atomic E-state index is 11.4. The van der Waals surface area contributed by atoms with Crippen LogP contribution in [0.15, 0.2) is 47.3 Å². The van der Waals surface area contributed by atoms with Crippen molar-refractivity contribution in [3.8, 4) is 0 Å². The van der Waals surface area contributed by atoms with E-state index in [9.17, 15) is 9.59 Å². The van der Waals surface area contributed by atoms with Gasteiger partial charge in [0.25, 0.3) is 5.56 Å². The quantitative estimate of drug-likeness (QED) is 0.858. The lowest BCUT2D eigenvalue weighted by Gasteiger charge is -2.05. The van der Waals surface area contributed by atoms with Crippen molar-refractivity contribution in [2.24, 2.45) is 0 Å². The zero-order valence-electron chi connectivity index (χ0n) is 9.42. The Labute approximate surface area is 103 Å². The van der Waals surface area contributed by atoms with Gasteiger partial charge in [0.1, 0.15) is 6.61 Å². The third-order valence-electron chi connectivity index (χ3n) is 2.12. The van der Waals surface area contributed by atoms with Crippen LogP contribution >= 0.6 is 0 Å². The number of hydrogen-bond acceptors (Lipinski definition) is 4. The number of carbonyl (C=O) groups is 1. The van der Waals surface area contributed by atoms with Crippen molar-refractivity contribution in [2.75, 3.05) is 5.32 Å². The van der Waals surface area contributed by atoms with Gasteiger partial charge in [0.2, 0.25) is 0 Å². The molecular weight excluding hydrogens is 234 g/mol. The molecule has 0 aliphatic carbocycles. The van der Waals surface area contributed by atoms with Gasteiger partial charge in [-0.1, -0.05) is 30.3 Å². The summed E-state index contributed by atoms with van der Waals surface area (Å²) in [6.45, 7) is 0.177. The Bertz CT molecular complexity index is 560. The Kier molecular flexibility index (Phi) is 3.70. The van der Waals surface area contributed by atoms with Crippen LogP contribution in [0.25, 0.3) is 0 Å². The predicted molar refractivity (Wildman–Crippen MR) is 65.1 cm³/mol. The maximum atomic E-state index is 11.4. The van der Waals surface area contributed by atoms with Gasteiger partial charge in [0.05, 0.1) is 0 Å². The molecule has 0 aliphatic heterocycles. The second-order valence-corrected chi connectivity index (χ2v) is 3.49. The Morgan fingerprint density at radius 3 is 2.67 bits per heavy atom. The third-order valence-corrected chi connectivity index (χ3v) is 2.12. The van der Waals surface area contributed by atoms with Crippen LogP contribution in [-0.4, -0.2) is 16.3 Å². The lowest BCUT2D eigenvalue weighted by atomic mass is 10.2. The number of amides is 1. The summed E-state index contributed by atoms with van der Waals surface area (Å²) >= 11 is 0. The molecule has 0 aliphatic rings. The fourth-order valence-corrected chi connectivity index (χ4v) is 1.28. The third kappa shape index (κ3) is 3.44. The lowest BCUT2D eigenvalue weighted by molar-refractivity contribution is 0.155. The largest absolute Gasteiger partial charge is 0.444 e. The standard InChI is InChI=1S/C12H11N3O3/c16-11-7-6-10(14-15-11)13-12(17)18-8-9-4-2-1-3-5-9/h1-7H,8H2,(H,15,16)(H,13,14,17). The van der Waals surface area contributed by atoms with Crippen molar-refractivity contribution < 1.29 is 9.53 Å². The number of carbonyl (C=O) groups excluding carboxylic acids is 1. The van der Waals surface area contributed by atoms with Crippen LogP contribution in [-0.2, 0) is 11.3 Å². The lowest BCUT2D eigenvalue weighted by Crippen LogP contribution is -2.16. The number of benzene rings is 1. The van der Waals surface area contributed by atoms with E-state index in [1.807, 2.05) is 30.3 Å². The number of ether oxygens (including phenoxy) is 1. The molecule has 0 saturated heterocycles. The van der Waals surface area contributed by atoms with E-state index in [0.29, 0.717) is 0 Å². The van der Waals surface area contributed by atoms with Gasteiger partial charge in [-0.05, 0) is 11.6 Å². The van der Waals surface area contributed by atoms with Crippen molar-refractivity contribution in [1.82, 2.24) is 10.2 Å². The van der Waals surface area contributed by atoms with Gasteiger partial charge in [-0.25, -0.2) is 9.89 Å². The molecule has 1 heterocycles. The van der Waals surface area contributed by atoms with Gasteiger partial charge < -0.3 is 4.74 Å². The number of rotatable bonds is 3. The number of nitrogens with zero attached hydrogens (tertiary/aromatic N) is 1. The first-order valence-electron chi connectivity index (χ1n) is 5.27. The number of H-pyrrole nitrogens is 1. The molecule has 0 radical (unpaired) electrons. The van der Waals surface area contributed by atoms with E-state index in [4.69, 9.17) is 4.74 Å². The molecule has 0 bridgehead atoms. The SMILES string of the molecule is O=C(Nc1ccc(=O)[nH]n1)OCc1ccccc1. The summed E-state index contributed by atoms with van der Waals surface area (Å²) in [4.78, 5) is 22.2. The minimum atomic E-state index is -0.626. The Morgan fingerprint density at radius 1 is 1.22 bits per heavy atom. The zero-order valence-corrected chi connectivity index (χ0v) is 9.42. The molecule has 0 fully saturated rings. The smallest absolute Gasteiger partial charge is 0.413 e. The van der Waals surface area contributed by atoms with Gasteiger partial charge in [0, 0.05) is 6.07 Å². The topological polar surface area (TPSA) is 84.1 Å². The summed E-state index contributed by atoms with van der Waals surface area (Å²) in [5.41, 5.74) is 0.556. The first kappa shape index (κ1) is 11.8. The average molecular weight is 245 g/mol. The molecule has 1 aromatic carbocycles. The molecule has 1 amide bonds. The molecule has 6 heteroatoms. The molecule has 2 aromatic rings. The van der Waals surface area contributed by atoms with E-state index < -0.39 is 6.09 Å². The van der Waals surface area contributed by atoms with Crippen LogP contribution in [0.4, 0.5) is 10.6 Å². The van der Waals surface area contributed by atoms with E-state index >= 15 is 0 Å². The first-order chi connectivity index (χ1) is 8.74. The molecule has 2 N–H and O–H groups in total. The Hall–Kier alpha value is -2.63. The van der Waals surface area contributed by atoms with Crippen molar-refractivity contribution in [2.45, 2.75) is 6.61 Å². The molecular formula is C12H11N3O3. The van der Waals surface area contributed by atoms with E-state index in [0.717, 1.165) is 5.56 Å². The highest BCUT2D eigenvalue weighted by atomic mass is 16.5. The molecule has 0 spiro atoms. The second kappa shape index (κ2) is 5.62. The second-order valence-electron chi connectivity index (χ2n) is 3.49. The van der Waals surface area contributed by atoms with E-state index in [1.165, 1.54) is 12.1 Å². The van der Waals surface area contributed by atoms with E-state index in [-0.39, 0.29) is 18.0 Å². The van der Waals surface area contributed by atoms with E-state index in [2.05, 4.69) is 15.5 Å². The fraction of sp³-hybridized carbons (Fsp3) is 0.0833. The molecule has 18 heavy (non-hydrogen) atoms. The summed E-state index contributed by atoms with van der Waals surface area (Å²) in [7, 11) is 0. The minimum Gasteiger partial charge on any atom is -0.444 e. The Balaban J connectivity index is 1.86. The van der Waals surface area contributed by atoms with Crippen LogP contribution in [0, 0.1) is 0 Å². The van der Waals surface area contributed by atoms with Gasteiger partial charge in [-0.2, -0.15) is 5.10 Å². The normalized spacial score (nSPS) is 9.78. The number of hydrogen-bond donors (Lipinski definition) is 2. The van der Waals surface area contributed by atoms with Crippen molar-refractivity contribution in [1.29, 1.82) is 0 Å². The van der Waals surface area contributed by atoms with Crippen LogP contribution in [0.5, 0.6) is 0 Å². The maximum Gasteiger partial charge on any atom is 0.413 e. The fourth-order valence-electron chi connectivity index (χ4n) is 1.28. The van der Waals surface area contributed by atoms with Gasteiger partial charge in [-0.15, -0.1) is 0 Å². The monoisotopic (exact) mass is 245 g/mol. The number of nitrogens with one attached hydrogen (secondary N) is 2. The van der Waals surface area contributed by atoms with Gasteiger partial charge in [-0.3, -0.25) is 10.1 Å². The highest BCUT2D eigenvalue weighted by Gasteiger charge is 2.04. The molecule has 92 valence electrons. The number of aromatic amines is 1. The molecule has 6 nitrogen and oxygen atoms in total. The molecule has 1 aromatic heterocycles. The van der Waals surface area contributed by atoms with Crippen LogP contribution < -0.4 is 10.9 Å². The number of anilines is 1. The van der Waals surface area contributed by atoms with Crippen LogP contribution in [0.1, 0.15) is 5.56 Å². The van der Waals surface area contributed by atoms with Crippen LogP contribution in [0.3, 0.4) is 0 Å². The van der Waals surface area contributed by atoms with Crippen LogP contribution in [0.2, 0.25) is 0 Å². The Morgan fingerprint density at radius 2 is 2.00 bits per heavy atom. The predicted octanol–water partition coefficient (Wildman–Crippen LogP) is 1.52. The molecule has 0 saturated carbocycles. The summed E-state index contributed by atoms with van der Waals surface area (Å²) in [5, 5.41) is 8.22. The highest BCUT2D eigenvalue weighted by molar-refractivity contribution is 5.83. The van der Waals surface area contributed by atoms with Crippen molar-refractivity contribution >= 4 is 11.9 Å². The zero-order chi connectivity index (χ0) is 12.8. The summed E-state index contributed by atoms with van der Waals surface area (Å²) < 4.78 is 4.98. The molecule has 0 atom stereocenters. The van der Waals surface area contributed by atoms with E-state index in [1.54, 1.807) is 0 Å². The van der Waals surface area contributed by atoms with Gasteiger partial charge >= 0.3 is 6.09 Å². The van der Waals surface area contributed by atoms with Gasteiger partial charge in [0.15, 0.2) is 5.82 Å². The molecule has 0 unspecified atom stereocenters. The highest BCUT2D eigenvalue weighted by Crippen LogP contribution is 2.02. The molecule has 2 rings (SSSR count). The van der Waals surface area contributed by atoms with Crippen molar-refractivity contribution in [3.05, 3.63) is 58.4 Å².